The fraction of sp³-hybridized carbons (Fsp3) is 0.259. The number of hydrogen-bond acceptors (Lipinski definition) is 5. The number of benzene rings is 2. The van der Waals surface area contributed by atoms with Crippen LogP contribution >= 0.6 is 11.6 Å². The van der Waals surface area contributed by atoms with Crippen molar-refractivity contribution >= 4 is 28.6 Å². The highest BCUT2D eigenvalue weighted by Crippen LogP contribution is 2.49. The van der Waals surface area contributed by atoms with Gasteiger partial charge in [-0.2, -0.15) is 13.2 Å². The minimum Gasteiger partial charge on any atom is -0.478 e. The average Bonchev–Trinajstić information content (AvgIpc) is 3.06. The van der Waals surface area contributed by atoms with Crippen LogP contribution in [0.5, 0.6) is 11.5 Å². The molecule has 0 saturated heterocycles. The van der Waals surface area contributed by atoms with Gasteiger partial charge in [0.2, 0.25) is 5.60 Å². The van der Waals surface area contributed by atoms with Crippen LogP contribution in [0.2, 0.25) is 5.02 Å². The van der Waals surface area contributed by atoms with Gasteiger partial charge in [0.15, 0.2) is 0 Å². The van der Waals surface area contributed by atoms with Crippen LogP contribution in [-0.4, -0.2) is 26.4 Å². The van der Waals surface area contributed by atoms with E-state index in [2.05, 4.69) is 6.58 Å². The molecule has 3 aromatic rings. The van der Waals surface area contributed by atoms with Gasteiger partial charge >= 0.3 is 17.8 Å². The molecule has 0 radical (unpaired) electrons. The predicted molar refractivity (Wildman–Crippen MR) is 142 cm³/mol. The second-order valence-corrected chi connectivity index (χ2v) is 9.42. The third-order valence-electron chi connectivity index (χ3n) is 6.23. The van der Waals surface area contributed by atoms with Gasteiger partial charge < -0.3 is 20.3 Å². The Morgan fingerprint density at radius 3 is 2.28 bits per heavy atom. The number of carboxylic acid groups (broad SMARTS) is 1. The molecule has 3 rings (SSSR count). The highest BCUT2D eigenvalue weighted by molar-refractivity contribution is 6.32. The molecule has 8 nitrogen and oxygen atoms in total. The van der Waals surface area contributed by atoms with Crippen molar-refractivity contribution in [3.05, 3.63) is 93.7 Å². The van der Waals surface area contributed by atoms with Gasteiger partial charge in [-0.25, -0.2) is 9.59 Å². The first-order valence-electron chi connectivity index (χ1n) is 11.5. The number of aliphatic carboxylic acids is 1. The van der Waals surface area contributed by atoms with E-state index in [1.165, 1.54) is 85.6 Å². The summed E-state index contributed by atoms with van der Waals surface area (Å²) >= 11 is 6.32. The molecule has 1 atom stereocenters. The van der Waals surface area contributed by atoms with Crippen LogP contribution in [0.1, 0.15) is 19.4 Å². The van der Waals surface area contributed by atoms with Crippen LogP contribution in [0.15, 0.2) is 77.5 Å². The maximum Gasteiger partial charge on any atom is 0.432 e. The molecule has 0 saturated carbocycles. The molecule has 0 bridgehead atoms. The molecule has 1 aromatic heterocycles. The fourth-order valence-corrected chi connectivity index (χ4v) is 4.37. The lowest BCUT2D eigenvalue weighted by molar-refractivity contribution is -0.270. The average molecular weight is 566 g/mol. The van der Waals surface area contributed by atoms with Gasteiger partial charge in [-0.05, 0) is 36.4 Å². The zero-order valence-corrected chi connectivity index (χ0v) is 22.3. The van der Waals surface area contributed by atoms with E-state index in [1.54, 1.807) is 0 Å². The number of ether oxygens (including phenoxy) is 2. The van der Waals surface area contributed by atoms with Crippen LogP contribution in [-0.2, 0) is 24.5 Å². The molecule has 0 unspecified atom stereocenters. The molecule has 0 aliphatic heterocycles. The largest absolute Gasteiger partial charge is 0.478 e. The van der Waals surface area contributed by atoms with E-state index in [-0.39, 0.29) is 39.1 Å². The molecule has 0 aliphatic carbocycles. The monoisotopic (exact) mass is 565 g/mol. The maximum absolute atomic E-state index is 14.9. The number of aromatic nitrogens is 2. The number of allylic oxidation sites excluding steroid dienone is 1. The molecule has 0 fully saturated rings. The van der Waals surface area contributed by atoms with Crippen LogP contribution in [0, 0.1) is 5.92 Å². The smallest absolute Gasteiger partial charge is 0.432 e. The summed E-state index contributed by atoms with van der Waals surface area (Å²) in [5, 5.41) is 8.83. The standard InChI is InChI=1S/C27H27ClF3N3O5/c1-15(2)26(27(29,30)31,18-8-10-21-22(12-18)34(5)25(37)33(21)4)39-23-11-9-19(13-20(23)28)38-16(3)6-7-17(14-32)24(35)36/h6-15H,3,32H2,1-2,4-5H3,(H,35,36)/b7-6-,17-14+/t26-/m0/s1. The van der Waals surface area contributed by atoms with Crippen molar-refractivity contribution in [2.24, 2.45) is 25.7 Å². The number of carbonyl (C=O) groups is 1. The van der Waals surface area contributed by atoms with Gasteiger partial charge in [-0.3, -0.25) is 9.13 Å². The Morgan fingerprint density at radius 2 is 1.74 bits per heavy atom. The summed E-state index contributed by atoms with van der Waals surface area (Å²) in [6.07, 6.45) is -1.56. The first-order valence-corrected chi connectivity index (χ1v) is 11.9. The Labute approximate surface area is 227 Å². The Morgan fingerprint density at radius 1 is 1.10 bits per heavy atom. The van der Waals surface area contributed by atoms with Crippen molar-refractivity contribution in [3.8, 4) is 11.5 Å². The normalized spacial score (nSPS) is 14.1. The SMILES string of the molecule is C=C(/C=C\C(=C/N)C(=O)O)Oc1ccc(O[C@](c2ccc3c(c2)n(C)c(=O)n3C)(C(C)C)C(F)(F)F)c(Cl)c1. The van der Waals surface area contributed by atoms with E-state index in [0.29, 0.717) is 11.0 Å². The summed E-state index contributed by atoms with van der Waals surface area (Å²) < 4.78 is 58.4. The highest BCUT2D eigenvalue weighted by atomic mass is 35.5. The number of nitrogens with two attached hydrogens (primary N) is 1. The number of alkyl halides is 3. The van der Waals surface area contributed by atoms with Crippen molar-refractivity contribution in [3.63, 3.8) is 0 Å². The summed E-state index contributed by atoms with van der Waals surface area (Å²) in [4.78, 5) is 23.4. The summed E-state index contributed by atoms with van der Waals surface area (Å²) in [7, 11) is 3.02. The van der Waals surface area contributed by atoms with Crippen molar-refractivity contribution < 1.29 is 32.5 Å². The summed E-state index contributed by atoms with van der Waals surface area (Å²) in [5.41, 5.74) is 2.44. The van der Waals surface area contributed by atoms with Crippen molar-refractivity contribution in [1.82, 2.24) is 9.13 Å². The Balaban J connectivity index is 2.01. The fourth-order valence-electron chi connectivity index (χ4n) is 4.16. The van der Waals surface area contributed by atoms with Gasteiger partial charge in [0.25, 0.3) is 0 Å². The molecule has 3 N–H and O–H groups in total. The molecular formula is C27H27ClF3N3O5. The lowest BCUT2D eigenvalue weighted by Gasteiger charge is -2.40. The number of rotatable bonds is 9. The molecule has 2 aromatic carbocycles. The van der Waals surface area contributed by atoms with Gasteiger partial charge in [-0.1, -0.05) is 38.1 Å². The predicted octanol–water partition coefficient (Wildman–Crippen LogP) is 5.40. The van der Waals surface area contributed by atoms with Gasteiger partial charge in [0.05, 0.1) is 21.6 Å². The van der Waals surface area contributed by atoms with Crippen LogP contribution in [0.3, 0.4) is 0 Å². The minimum absolute atomic E-state index is 0.0222. The highest BCUT2D eigenvalue weighted by Gasteiger charge is 2.61. The molecule has 1 heterocycles. The van der Waals surface area contributed by atoms with Crippen LogP contribution in [0.4, 0.5) is 13.2 Å². The molecule has 0 spiro atoms. The molecule has 0 amide bonds. The van der Waals surface area contributed by atoms with Gasteiger partial charge in [0, 0.05) is 37.8 Å². The number of nitrogens with zero attached hydrogens (tertiary/aromatic N) is 2. The number of aryl methyl sites for hydroxylation is 2. The Hall–Kier alpha value is -4.12. The number of halogens is 4. The first-order chi connectivity index (χ1) is 18.1. The molecule has 12 heteroatoms. The molecule has 0 aliphatic rings. The maximum atomic E-state index is 14.9. The topological polar surface area (TPSA) is 109 Å². The van der Waals surface area contributed by atoms with E-state index in [4.69, 9.17) is 31.9 Å². The van der Waals surface area contributed by atoms with Crippen LogP contribution < -0.4 is 20.9 Å². The number of hydrogen-bond donors (Lipinski definition) is 2. The lowest BCUT2D eigenvalue weighted by atomic mass is 9.82. The van der Waals surface area contributed by atoms with Crippen LogP contribution in [0.25, 0.3) is 11.0 Å². The Bertz CT molecular complexity index is 1550. The zero-order valence-electron chi connectivity index (χ0n) is 21.5. The summed E-state index contributed by atoms with van der Waals surface area (Å²) in [5.74, 6) is -2.46. The molecule has 208 valence electrons. The number of fused-ring (bicyclic) bond motifs is 1. The number of carboxylic acids is 1. The van der Waals surface area contributed by atoms with Crippen molar-refractivity contribution in [2.45, 2.75) is 25.6 Å². The van der Waals surface area contributed by atoms with Gasteiger partial charge in [-0.15, -0.1) is 0 Å². The van der Waals surface area contributed by atoms with E-state index >= 15 is 0 Å². The molecular weight excluding hydrogens is 539 g/mol. The van der Waals surface area contributed by atoms with E-state index in [0.717, 1.165) is 6.20 Å². The second kappa shape index (κ2) is 10.9. The lowest BCUT2D eigenvalue weighted by Crippen LogP contribution is -2.51. The summed E-state index contributed by atoms with van der Waals surface area (Å²) in [6.45, 7) is 6.40. The third-order valence-corrected chi connectivity index (χ3v) is 6.53. The zero-order chi connectivity index (χ0) is 29.3. The third kappa shape index (κ3) is 5.53. The van der Waals surface area contributed by atoms with Gasteiger partial charge in [0.1, 0.15) is 17.3 Å². The summed E-state index contributed by atoms with van der Waals surface area (Å²) in [6, 6.07) is 7.86. The van der Waals surface area contributed by atoms with Crippen molar-refractivity contribution in [1.29, 1.82) is 0 Å². The van der Waals surface area contributed by atoms with E-state index in [9.17, 15) is 22.8 Å². The number of imidazole rings is 1. The second-order valence-electron chi connectivity index (χ2n) is 9.02. The first kappa shape index (κ1) is 29.4. The van der Waals surface area contributed by atoms with E-state index in [1.807, 2.05) is 0 Å². The minimum atomic E-state index is -4.88. The van der Waals surface area contributed by atoms with Crippen molar-refractivity contribution in [2.75, 3.05) is 0 Å². The quantitative estimate of drug-likeness (QED) is 0.204. The molecule has 39 heavy (non-hydrogen) atoms. The Kier molecular flexibility index (Phi) is 8.25. The van der Waals surface area contributed by atoms with E-state index < -0.39 is 23.7 Å².